The number of carbonyl (C=O) groups excluding carboxylic acids is 1. The monoisotopic (exact) mass is 326 g/mol. The molecule has 8 nitrogen and oxygen atoms in total. The van der Waals surface area contributed by atoms with Crippen LogP contribution in [0.25, 0.3) is 5.65 Å². The topological polar surface area (TPSA) is 119 Å². The molecule has 2 aromatic heterocycles. The summed E-state index contributed by atoms with van der Waals surface area (Å²) in [5.41, 5.74) is 7.49. The Hall–Kier alpha value is -3.55. The summed E-state index contributed by atoms with van der Waals surface area (Å²) in [4.78, 5) is 25.2. The van der Waals surface area contributed by atoms with Gasteiger partial charge in [0, 0.05) is 18.1 Å². The zero-order chi connectivity index (χ0) is 17.1. The highest BCUT2D eigenvalue weighted by Crippen LogP contribution is 2.28. The van der Waals surface area contributed by atoms with E-state index in [1.807, 2.05) is 12.1 Å². The number of aromatic carboxylic acids is 1. The number of nitrogens with two attached hydrogens (primary N) is 1. The standard InChI is InChI=1S/C8H8N2O2.C8H6N2O2/c9-5-1-2-7-6(3-5)10-8(11)4-12-7;11-8(12)6-5-10-4-2-1-3-7(10)9-6/h1-3H,4,9H2,(H,10,11);1-5H,(H,11,12). The van der Waals surface area contributed by atoms with Crippen LogP contribution < -0.4 is 15.8 Å². The molecule has 8 heteroatoms. The number of imidazole rings is 1. The second kappa shape index (κ2) is 6.29. The number of pyridine rings is 1. The molecular weight excluding hydrogens is 312 g/mol. The van der Waals surface area contributed by atoms with Gasteiger partial charge < -0.3 is 25.3 Å². The van der Waals surface area contributed by atoms with Crippen molar-refractivity contribution in [2.75, 3.05) is 17.7 Å². The summed E-state index contributed by atoms with van der Waals surface area (Å²) >= 11 is 0. The summed E-state index contributed by atoms with van der Waals surface area (Å²) in [6, 6.07) is 10.5. The number of nitrogens with zero attached hydrogens (tertiary/aromatic N) is 2. The summed E-state index contributed by atoms with van der Waals surface area (Å²) in [5, 5.41) is 11.3. The Morgan fingerprint density at radius 1 is 1.33 bits per heavy atom. The molecule has 4 N–H and O–H groups in total. The van der Waals surface area contributed by atoms with Crippen molar-refractivity contribution in [2.24, 2.45) is 0 Å². The van der Waals surface area contributed by atoms with E-state index in [9.17, 15) is 9.59 Å². The molecule has 122 valence electrons. The van der Waals surface area contributed by atoms with E-state index in [1.54, 1.807) is 34.9 Å². The Morgan fingerprint density at radius 2 is 2.17 bits per heavy atom. The first kappa shape index (κ1) is 15.3. The Morgan fingerprint density at radius 3 is 2.92 bits per heavy atom. The molecule has 24 heavy (non-hydrogen) atoms. The maximum atomic E-state index is 10.9. The van der Waals surface area contributed by atoms with Crippen LogP contribution in [0, 0.1) is 0 Å². The molecule has 0 saturated carbocycles. The summed E-state index contributed by atoms with van der Waals surface area (Å²) in [6.07, 6.45) is 3.24. The van der Waals surface area contributed by atoms with Crippen LogP contribution >= 0.6 is 0 Å². The number of carboxylic acids is 1. The second-order valence-corrected chi connectivity index (χ2v) is 4.99. The molecule has 0 fully saturated rings. The number of aromatic nitrogens is 2. The van der Waals surface area contributed by atoms with Crippen LogP contribution in [-0.2, 0) is 4.79 Å². The average molecular weight is 326 g/mol. The van der Waals surface area contributed by atoms with Crippen LogP contribution in [0.4, 0.5) is 11.4 Å². The summed E-state index contributed by atoms with van der Waals surface area (Å²) < 4.78 is 6.79. The van der Waals surface area contributed by atoms with E-state index in [4.69, 9.17) is 15.6 Å². The molecule has 4 rings (SSSR count). The van der Waals surface area contributed by atoms with Crippen LogP contribution in [0.3, 0.4) is 0 Å². The molecule has 0 radical (unpaired) electrons. The highest BCUT2D eigenvalue weighted by atomic mass is 16.5. The van der Waals surface area contributed by atoms with E-state index in [2.05, 4.69) is 10.3 Å². The molecule has 0 atom stereocenters. The molecule has 1 aromatic carbocycles. The molecule has 1 amide bonds. The molecule has 0 saturated heterocycles. The number of fused-ring (bicyclic) bond motifs is 2. The van der Waals surface area contributed by atoms with Gasteiger partial charge in [-0.15, -0.1) is 0 Å². The fourth-order valence-electron chi connectivity index (χ4n) is 2.14. The molecule has 0 spiro atoms. The number of rotatable bonds is 1. The van der Waals surface area contributed by atoms with Crippen molar-refractivity contribution in [3.8, 4) is 5.75 Å². The van der Waals surface area contributed by atoms with E-state index in [1.165, 1.54) is 6.20 Å². The van der Waals surface area contributed by atoms with Crippen LogP contribution in [-0.4, -0.2) is 33.0 Å². The normalized spacial score (nSPS) is 12.4. The maximum Gasteiger partial charge on any atom is 0.356 e. The quantitative estimate of drug-likeness (QED) is 0.585. The minimum absolute atomic E-state index is 0.0706. The maximum absolute atomic E-state index is 10.9. The number of hydrogen-bond acceptors (Lipinski definition) is 5. The lowest BCUT2D eigenvalue weighted by Crippen LogP contribution is -2.25. The van der Waals surface area contributed by atoms with Crippen molar-refractivity contribution >= 4 is 28.9 Å². The number of benzene rings is 1. The van der Waals surface area contributed by atoms with Gasteiger partial charge in [0.05, 0.1) is 5.69 Å². The van der Waals surface area contributed by atoms with Crippen LogP contribution in [0.5, 0.6) is 5.75 Å². The number of amides is 1. The first-order valence-corrected chi connectivity index (χ1v) is 7.02. The average Bonchev–Trinajstić information content (AvgIpc) is 2.99. The predicted molar refractivity (Wildman–Crippen MR) is 87.1 cm³/mol. The van der Waals surface area contributed by atoms with Gasteiger partial charge in [-0.2, -0.15) is 0 Å². The lowest BCUT2D eigenvalue weighted by Gasteiger charge is -2.17. The lowest BCUT2D eigenvalue weighted by molar-refractivity contribution is -0.118. The van der Waals surface area contributed by atoms with E-state index >= 15 is 0 Å². The third kappa shape index (κ3) is 3.27. The molecule has 0 aliphatic carbocycles. The zero-order valence-corrected chi connectivity index (χ0v) is 12.5. The van der Waals surface area contributed by atoms with Gasteiger partial charge in [0.15, 0.2) is 12.3 Å². The highest BCUT2D eigenvalue weighted by molar-refractivity contribution is 5.95. The molecule has 3 aromatic rings. The van der Waals surface area contributed by atoms with E-state index < -0.39 is 5.97 Å². The molecule has 0 unspecified atom stereocenters. The molecule has 1 aliphatic rings. The summed E-state index contributed by atoms with van der Waals surface area (Å²) in [6.45, 7) is 0.0803. The lowest BCUT2D eigenvalue weighted by atomic mass is 10.2. The number of carbonyl (C=O) groups is 2. The molecular formula is C16H14N4O4. The van der Waals surface area contributed by atoms with Gasteiger partial charge in [-0.1, -0.05) is 6.07 Å². The van der Waals surface area contributed by atoms with Gasteiger partial charge in [-0.25, -0.2) is 9.78 Å². The van der Waals surface area contributed by atoms with Gasteiger partial charge >= 0.3 is 5.97 Å². The van der Waals surface area contributed by atoms with Crippen molar-refractivity contribution in [2.45, 2.75) is 0 Å². The van der Waals surface area contributed by atoms with E-state index in [0.717, 1.165) is 0 Å². The van der Waals surface area contributed by atoms with Crippen molar-refractivity contribution in [3.05, 3.63) is 54.5 Å². The van der Waals surface area contributed by atoms with Crippen molar-refractivity contribution in [1.29, 1.82) is 0 Å². The van der Waals surface area contributed by atoms with Gasteiger partial charge in [-0.3, -0.25) is 4.79 Å². The van der Waals surface area contributed by atoms with Gasteiger partial charge in [-0.05, 0) is 30.3 Å². The number of nitrogen functional groups attached to an aromatic ring is 1. The fourth-order valence-corrected chi connectivity index (χ4v) is 2.14. The van der Waals surface area contributed by atoms with Crippen molar-refractivity contribution in [3.63, 3.8) is 0 Å². The summed E-state index contributed by atoms with van der Waals surface area (Å²) in [7, 11) is 0. The SMILES string of the molecule is Nc1ccc2c(c1)NC(=O)CO2.O=C(O)c1cn2ccccc2n1. The van der Waals surface area contributed by atoms with E-state index in [-0.39, 0.29) is 18.2 Å². The van der Waals surface area contributed by atoms with Crippen LogP contribution in [0.1, 0.15) is 10.5 Å². The number of carboxylic acid groups (broad SMARTS) is 1. The molecule has 1 aliphatic heterocycles. The first-order valence-electron chi connectivity index (χ1n) is 7.02. The Bertz CT molecular complexity index is 886. The third-order valence-electron chi connectivity index (χ3n) is 3.22. The Labute approximate surface area is 136 Å². The van der Waals surface area contributed by atoms with Crippen LogP contribution in [0.2, 0.25) is 0 Å². The number of anilines is 2. The van der Waals surface area contributed by atoms with Crippen molar-refractivity contribution in [1.82, 2.24) is 9.38 Å². The number of nitrogens with one attached hydrogen (secondary N) is 1. The minimum atomic E-state index is -1.00. The molecule has 3 heterocycles. The third-order valence-corrected chi connectivity index (χ3v) is 3.22. The smallest absolute Gasteiger partial charge is 0.356 e. The first-order chi connectivity index (χ1) is 11.5. The van der Waals surface area contributed by atoms with Gasteiger partial charge in [0.25, 0.3) is 5.91 Å². The second-order valence-electron chi connectivity index (χ2n) is 4.99. The Balaban J connectivity index is 0.000000141. The largest absolute Gasteiger partial charge is 0.482 e. The van der Waals surface area contributed by atoms with Gasteiger partial charge in [0.2, 0.25) is 0 Å². The number of hydrogen-bond donors (Lipinski definition) is 3. The van der Waals surface area contributed by atoms with Crippen molar-refractivity contribution < 1.29 is 19.4 Å². The zero-order valence-electron chi connectivity index (χ0n) is 12.5. The number of ether oxygens (including phenoxy) is 1. The van der Waals surface area contributed by atoms with Gasteiger partial charge in [0.1, 0.15) is 11.4 Å². The predicted octanol–water partition coefficient (Wildman–Crippen LogP) is 1.63. The Kier molecular flexibility index (Phi) is 4.02. The summed E-state index contributed by atoms with van der Waals surface area (Å²) in [5.74, 6) is -0.476. The van der Waals surface area contributed by atoms with Crippen LogP contribution in [0.15, 0.2) is 48.8 Å². The minimum Gasteiger partial charge on any atom is -0.482 e. The fraction of sp³-hybridized carbons (Fsp3) is 0.0625. The highest BCUT2D eigenvalue weighted by Gasteiger charge is 2.14. The van der Waals surface area contributed by atoms with E-state index in [0.29, 0.717) is 22.8 Å². The molecule has 0 bridgehead atoms.